The average molecular weight is 265 g/mol. The molecular formula is C16H27NO2. The van der Waals surface area contributed by atoms with Crippen LogP contribution in [0.1, 0.15) is 37.3 Å². The first-order valence-electron chi connectivity index (χ1n) is 7.08. The van der Waals surface area contributed by atoms with E-state index in [-0.39, 0.29) is 0 Å². The highest BCUT2D eigenvalue weighted by molar-refractivity contribution is 5.36. The van der Waals surface area contributed by atoms with E-state index in [1.807, 2.05) is 0 Å². The van der Waals surface area contributed by atoms with Crippen molar-refractivity contribution in [1.82, 2.24) is 5.32 Å². The van der Waals surface area contributed by atoms with Crippen molar-refractivity contribution in [3.8, 4) is 5.75 Å². The molecule has 0 atom stereocenters. The number of benzene rings is 1. The third-order valence-corrected chi connectivity index (χ3v) is 3.11. The lowest BCUT2D eigenvalue weighted by Crippen LogP contribution is -2.22. The van der Waals surface area contributed by atoms with Crippen LogP contribution in [-0.4, -0.2) is 33.4 Å². The zero-order valence-corrected chi connectivity index (χ0v) is 12.7. The van der Waals surface area contributed by atoms with Gasteiger partial charge in [-0.25, -0.2) is 0 Å². The minimum Gasteiger partial charge on any atom is -0.492 e. The second-order valence-corrected chi connectivity index (χ2v) is 5.12. The normalized spacial score (nSPS) is 11.0. The molecule has 0 radical (unpaired) electrons. The van der Waals surface area contributed by atoms with E-state index >= 15 is 0 Å². The molecule has 3 heteroatoms. The first kappa shape index (κ1) is 16.0. The number of ether oxygens (including phenoxy) is 2. The molecule has 1 aromatic carbocycles. The molecule has 0 fully saturated rings. The Morgan fingerprint density at radius 1 is 1.16 bits per heavy atom. The summed E-state index contributed by atoms with van der Waals surface area (Å²) >= 11 is 0. The molecule has 108 valence electrons. The topological polar surface area (TPSA) is 30.5 Å². The quantitative estimate of drug-likeness (QED) is 0.696. The van der Waals surface area contributed by atoms with Crippen molar-refractivity contribution in [1.29, 1.82) is 0 Å². The SMILES string of the molecule is COCCCNCCOc1ccc(C(C)C)c(C)c1. The Hall–Kier alpha value is -1.06. The van der Waals surface area contributed by atoms with Crippen LogP contribution in [0.15, 0.2) is 18.2 Å². The molecule has 1 aromatic rings. The maximum Gasteiger partial charge on any atom is 0.119 e. The monoisotopic (exact) mass is 265 g/mol. The Bertz CT molecular complexity index is 364. The smallest absolute Gasteiger partial charge is 0.119 e. The van der Waals surface area contributed by atoms with Gasteiger partial charge in [-0.1, -0.05) is 19.9 Å². The minimum atomic E-state index is 0.566. The lowest BCUT2D eigenvalue weighted by atomic mass is 9.98. The van der Waals surface area contributed by atoms with Crippen molar-refractivity contribution in [2.45, 2.75) is 33.1 Å². The van der Waals surface area contributed by atoms with E-state index in [9.17, 15) is 0 Å². The van der Waals surface area contributed by atoms with E-state index in [0.717, 1.165) is 31.9 Å². The molecular weight excluding hydrogens is 238 g/mol. The van der Waals surface area contributed by atoms with Gasteiger partial charge in [0, 0.05) is 20.3 Å². The molecule has 0 aliphatic carbocycles. The van der Waals surface area contributed by atoms with Crippen LogP contribution in [0.5, 0.6) is 5.75 Å². The highest BCUT2D eigenvalue weighted by atomic mass is 16.5. The van der Waals surface area contributed by atoms with E-state index in [0.29, 0.717) is 12.5 Å². The van der Waals surface area contributed by atoms with E-state index in [2.05, 4.69) is 44.3 Å². The Morgan fingerprint density at radius 3 is 2.58 bits per heavy atom. The Balaban J connectivity index is 2.25. The van der Waals surface area contributed by atoms with Gasteiger partial charge in [0.15, 0.2) is 0 Å². The summed E-state index contributed by atoms with van der Waals surface area (Å²) in [5, 5.41) is 3.33. The van der Waals surface area contributed by atoms with Gasteiger partial charge in [-0.2, -0.15) is 0 Å². The second-order valence-electron chi connectivity index (χ2n) is 5.12. The van der Waals surface area contributed by atoms with E-state index in [4.69, 9.17) is 9.47 Å². The van der Waals surface area contributed by atoms with Crippen molar-refractivity contribution in [3.05, 3.63) is 29.3 Å². The molecule has 1 rings (SSSR count). The van der Waals surface area contributed by atoms with Gasteiger partial charge < -0.3 is 14.8 Å². The molecule has 0 aliphatic rings. The maximum absolute atomic E-state index is 5.73. The summed E-state index contributed by atoms with van der Waals surface area (Å²) in [7, 11) is 1.73. The number of aryl methyl sites for hydroxylation is 1. The summed E-state index contributed by atoms with van der Waals surface area (Å²) in [5.74, 6) is 1.53. The van der Waals surface area contributed by atoms with E-state index in [1.165, 1.54) is 11.1 Å². The molecule has 0 aliphatic heterocycles. The number of rotatable bonds is 9. The van der Waals surface area contributed by atoms with Crippen LogP contribution in [0.4, 0.5) is 0 Å². The largest absolute Gasteiger partial charge is 0.492 e. The number of nitrogens with one attached hydrogen (secondary N) is 1. The lowest BCUT2D eigenvalue weighted by Gasteiger charge is -2.12. The molecule has 0 saturated heterocycles. The van der Waals surface area contributed by atoms with Gasteiger partial charge in [-0.05, 0) is 49.1 Å². The van der Waals surface area contributed by atoms with Crippen molar-refractivity contribution in [2.75, 3.05) is 33.4 Å². The molecule has 3 nitrogen and oxygen atoms in total. The molecule has 0 bridgehead atoms. The van der Waals surface area contributed by atoms with Gasteiger partial charge in [0.05, 0.1) is 0 Å². The van der Waals surface area contributed by atoms with Gasteiger partial charge in [0.25, 0.3) is 0 Å². The summed E-state index contributed by atoms with van der Waals surface area (Å²) in [6, 6.07) is 6.36. The van der Waals surface area contributed by atoms with Gasteiger partial charge in [0.2, 0.25) is 0 Å². The molecule has 0 unspecified atom stereocenters. The van der Waals surface area contributed by atoms with Gasteiger partial charge in [0.1, 0.15) is 12.4 Å². The molecule has 0 heterocycles. The molecule has 1 N–H and O–H groups in total. The third-order valence-electron chi connectivity index (χ3n) is 3.11. The highest BCUT2D eigenvalue weighted by Crippen LogP contribution is 2.23. The van der Waals surface area contributed by atoms with Crippen LogP contribution in [0.25, 0.3) is 0 Å². The Kier molecular flexibility index (Phi) is 7.53. The summed E-state index contributed by atoms with van der Waals surface area (Å²) in [5.41, 5.74) is 2.70. The highest BCUT2D eigenvalue weighted by Gasteiger charge is 2.04. The van der Waals surface area contributed by atoms with Crippen molar-refractivity contribution >= 4 is 0 Å². The van der Waals surface area contributed by atoms with Crippen molar-refractivity contribution < 1.29 is 9.47 Å². The number of hydrogen-bond acceptors (Lipinski definition) is 3. The third kappa shape index (κ3) is 6.08. The zero-order valence-electron chi connectivity index (χ0n) is 12.7. The standard InChI is InChI=1S/C16H27NO2/c1-13(2)16-7-6-15(12-14(16)3)19-11-9-17-8-5-10-18-4/h6-7,12-13,17H,5,8-11H2,1-4H3. The summed E-state index contributed by atoms with van der Waals surface area (Å²) in [6.07, 6.45) is 1.04. The van der Waals surface area contributed by atoms with E-state index < -0.39 is 0 Å². The number of methoxy groups -OCH3 is 1. The predicted octanol–water partition coefficient (Wildman–Crippen LogP) is 3.12. The fraction of sp³-hybridized carbons (Fsp3) is 0.625. The molecule has 0 amide bonds. The Morgan fingerprint density at radius 2 is 1.95 bits per heavy atom. The second kappa shape index (κ2) is 8.94. The van der Waals surface area contributed by atoms with Crippen LogP contribution in [-0.2, 0) is 4.74 Å². The fourth-order valence-corrected chi connectivity index (χ4v) is 2.09. The fourth-order valence-electron chi connectivity index (χ4n) is 2.09. The number of hydrogen-bond donors (Lipinski definition) is 1. The minimum absolute atomic E-state index is 0.566. The van der Waals surface area contributed by atoms with Crippen LogP contribution in [0.2, 0.25) is 0 Å². The molecule has 0 spiro atoms. The summed E-state index contributed by atoms with van der Waals surface area (Å²) in [6.45, 7) is 9.93. The first-order chi connectivity index (χ1) is 9.15. The predicted molar refractivity (Wildman–Crippen MR) is 80.1 cm³/mol. The van der Waals surface area contributed by atoms with Crippen LogP contribution in [0.3, 0.4) is 0 Å². The zero-order chi connectivity index (χ0) is 14.1. The molecule has 19 heavy (non-hydrogen) atoms. The van der Waals surface area contributed by atoms with Crippen LogP contribution >= 0.6 is 0 Å². The van der Waals surface area contributed by atoms with Crippen molar-refractivity contribution in [3.63, 3.8) is 0 Å². The first-order valence-corrected chi connectivity index (χ1v) is 7.08. The average Bonchev–Trinajstić information content (AvgIpc) is 2.37. The molecule has 0 saturated carbocycles. The summed E-state index contributed by atoms with van der Waals surface area (Å²) < 4.78 is 10.7. The van der Waals surface area contributed by atoms with Crippen molar-refractivity contribution in [2.24, 2.45) is 0 Å². The van der Waals surface area contributed by atoms with Crippen LogP contribution < -0.4 is 10.1 Å². The van der Waals surface area contributed by atoms with Crippen LogP contribution in [0, 0.1) is 6.92 Å². The van der Waals surface area contributed by atoms with E-state index in [1.54, 1.807) is 7.11 Å². The maximum atomic E-state index is 5.73. The van der Waals surface area contributed by atoms with Gasteiger partial charge in [-0.3, -0.25) is 0 Å². The Labute approximate surface area is 117 Å². The molecule has 0 aromatic heterocycles. The lowest BCUT2D eigenvalue weighted by molar-refractivity contribution is 0.193. The van der Waals surface area contributed by atoms with Gasteiger partial charge in [-0.15, -0.1) is 0 Å². The summed E-state index contributed by atoms with van der Waals surface area (Å²) in [4.78, 5) is 0. The van der Waals surface area contributed by atoms with Gasteiger partial charge >= 0.3 is 0 Å².